The van der Waals surface area contributed by atoms with Crippen LogP contribution in [0, 0.1) is 0 Å². The monoisotopic (exact) mass is 316 g/mol. The van der Waals surface area contributed by atoms with E-state index in [0.29, 0.717) is 29.8 Å². The van der Waals surface area contributed by atoms with Crippen LogP contribution in [0.4, 0.5) is 5.82 Å². The van der Waals surface area contributed by atoms with Crippen molar-refractivity contribution >= 4 is 26.9 Å². The number of para-hydroxylation sites is 2. The lowest BCUT2D eigenvalue weighted by Gasteiger charge is -2.21. The van der Waals surface area contributed by atoms with Crippen LogP contribution in [0.15, 0.2) is 53.8 Å². The second kappa shape index (κ2) is 5.76. The molecule has 0 aliphatic carbocycles. The molecule has 0 saturated carbocycles. The minimum absolute atomic E-state index is 0.0622. The summed E-state index contributed by atoms with van der Waals surface area (Å²) in [5, 5.41) is -0.0622. The van der Waals surface area contributed by atoms with E-state index in [-0.39, 0.29) is 5.16 Å². The molecule has 0 unspecified atom stereocenters. The van der Waals surface area contributed by atoms with E-state index < -0.39 is 10.0 Å². The number of pyridine rings is 1. The van der Waals surface area contributed by atoms with E-state index in [2.05, 4.69) is 15.0 Å². The fraction of sp³-hybridized carbons (Fsp3) is 0.200. The first-order valence-electron chi connectivity index (χ1n) is 7.01. The zero-order chi connectivity index (χ0) is 15.6. The standard InChI is InChI=1S/C15H16N4O2S/c1-2-11-19(14-9-5-6-10-16-14)22(20,21)15-17-12-7-3-4-8-13(12)18-15/h3-10H,2,11H2,1H3,(H,17,18). The zero-order valence-corrected chi connectivity index (χ0v) is 12.9. The summed E-state index contributed by atoms with van der Waals surface area (Å²) in [4.78, 5) is 11.2. The Kier molecular flexibility index (Phi) is 3.81. The number of sulfonamides is 1. The molecule has 0 radical (unpaired) electrons. The Morgan fingerprint density at radius 2 is 1.91 bits per heavy atom. The van der Waals surface area contributed by atoms with Crippen molar-refractivity contribution in [3.8, 4) is 0 Å². The second-order valence-corrected chi connectivity index (χ2v) is 6.60. The van der Waals surface area contributed by atoms with Gasteiger partial charge >= 0.3 is 0 Å². The van der Waals surface area contributed by atoms with E-state index in [4.69, 9.17) is 0 Å². The van der Waals surface area contributed by atoms with Gasteiger partial charge in [0.2, 0.25) is 5.16 Å². The second-order valence-electron chi connectivity index (χ2n) is 4.82. The summed E-state index contributed by atoms with van der Waals surface area (Å²) >= 11 is 0. The molecular weight excluding hydrogens is 300 g/mol. The number of nitrogens with one attached hydrogen (secondary N) is 1. The number of anilines is 1. The van der Waals surface area contributed by atoms with Gasteiger partial charge in [0.25, 0.3) is 10.0 Å². The van der Waals surface area contributed by atoms with Gasteiger partial charge in [0.15, 0.2) is 0 Å². The summed E-state index contributed by atoms with van der Waals surface area (Å²) < 4.78 is 27.1. The van der Waals surface area contributed by atoms with E-state index >= 15 is 0 Å². The highest BCUT2D eigenvalue weighted by Gasteiger charge is 2.28. The molecule has 7 heteroatoms. The highest BCUT2D eigenvalue weighted by molar-refractivity contribution is 7.92. The predicted octanol–water partition coefficient (Wildman–Crippen LogP) is 2.56. The van der Waals surface area contributed by atoms with Gasteiger partial charge < -0.3 is 4.98 Å². The van der Waals surface area contributed by atoms with Crippen LogP contribution < -0.4 is 4.31 Å². The van der Waals surface area contributed by atoms with Crippen LogP contribution >= 0.6 is 0 Å². The van der Waals surface area contributed by atoms with Gasteiger partial charge in [-0.15, -0.1) is 0 Å². The molecule has 0 fully saturated rings. The molecular formula is C15H16N4O2S. The maximum atomic E-state index is 12.9. The Morgan fingerprint density at radius 1 is 1.14 bits per heavy atom. The third-order valence-electron chi connectivity index (χ3n) is 3.23. The molecule has 114 valence electrons. The molecule has 0 amide bonds. The lowest BCUT2D eigenvalue weighted by molar-refractivity contribution is 0.582. The Balaban J connectivity index is 2.09. The minimum Gasteiger partial charge on any atom is -0.327 e. The normalized spacial score (nSPS) is 11.7. The molecule has 22 heavy (non-hydrogen) atoms. The van der Waals surface area contributed by atoms with Crippen molar-refractivity contribution < 1.29 is 8.42 Å². The van der Waals surface area contributed by atoms with Gasteiger partial charge in [0.1, 0.15) is 5.82 Å². The minimum atomic E-state index is -3.77. The van der Waals surface area contributed by atoms with Gasteiger partial charge in [-0.1, -0.05) is 25.1 Å². The SMILES string of the molecule is CCCN(c1ccccn1)S(=O)(=O)c1nc2ccccc2[nH]1. The van der Waals surface area contributed by atoms with Crippen LogP contribution in [-0.4, -0.2) is 29.9 Å². The number of hydrogen-bond donors (Lipinski definition) is 1. The van der Waals surface area contributed by atoms with Gasteiger partial charge in [-0.3, -0.25) is 0 Å². The van der Waals surface area contributed by atoms with Crippen molar-refractivity contribution in [2.24, 2.45) is 0 Å². The van der Waals surface area contributed by atoms with Crippen molar-refractivity contribution in [3.63, 3.8) is 0 Å². The summed E-state index contributed by atoms with van der Waals surface area (Å²) in [7, 11) is -3.77. The number of H-pyrrole nitrogens is 1. The first-order valence-corrected chi connectivity index (χ1v) is 8.45. The zero-order valence-electron chi connectivity index (χ0n) is 12.1. The van der Waals surface area contributed by atoms with Crippen LogP contribution in [-0.2, 0) is 10.0 Å². The van der Waals surface area contributed by atoms with Crippen LogP contribution in [0.3, 0.4) is 0 Å². The van der Waals surface area contributed by atoms with E-state index in [1.807, 2.05) is 19.1 Å². The van der Waals surface area contributed by atoms with Crippen LogP contribution in [0.2, 0.25) is 0 Å². The number of rotatable bonds is 5. The smallest absolute Gasteiger partial charge is 0.299 e. The fourth-order valence-electron chi connectivity index (χ4n) is 2.22. The molecule has 3 aromatic rings. The number of hydrogen-bond acceptors (Lipinski definition) is 4. The van der Waals surface area contributed by atoms with E-state index in [9.17, 15) is 8.42 Å². The molecule has 0 saturated heterocycles. The highest BCUT2D eigenvalue weighted by atomic mass is 32.2. The number of fused-ring (bicyclic) bond motifs is 1. The maximum Gasteiger partial charge on any atom is 0.299 e. The Hall–Kier alpha value is -2.41. The molecule has 3 rings (SSSR count). The molecule has 0 aliphatic rings. The Labute approximate surface area is 128 Å². The summed E-state index contributed by atoms with van der Waals surface area (Å²) in [6, 6.07) is 12.4. The van der Waals surface area contributed by atoms with Gasteiger partial charge in [-0.2, -0.15) is 8.42 Å². The third kappa shape index (κ3) is 2.55. The van der Waals surface area contributed by atoms with Crippen molar-refractivity contribution in [1.29, 1.82) is 0 Å². The Bertz CT molecular complexity index is 842. The van der Waals surface area contributed by atoms with Gasteiger partial charge in [-0.25, -0.2) is 14.3 Å². The average molecular weight is 316 g/mol. The van der Waals surface area contributed by atoms with Crippen molar-refractivity contribution in [2.75, 3.05) is 10.8 Å². The quantitative estimate of drug-likeness (QED) is 0.784. The number of imidazole rings is 1. The van der Waals surface area contributed by atoms with E-state index in [0.717, 1.165) is 0 Å². The van der Waals surface area contributed by atoms with Crippen molar-refractivity contribution in [1.82, 2.24) is 15.0 Å². The highest BCUT2D eigenvalue weighted by Crippen LogP contribution is 2.22. The van der Waals surface area contributed by atoms with Gasteiger partial charge in [0.05, 0.1) is 11.0 Å². The number of nitrogens with zero attached hydrogens (tertiary/aromatic N) is 3. The van der Waals surface area contributed by atoms with Crippen LogP contribution in [0.1, 0.15) is 13.3 Å². The first kappa shape index (κ1) is 14.5. The van der Waals surface area contributed by atoms with Gasteiger partial charge in [-0.05, 0) is 30.7 Å². The molecule has 0 atom stereocenters. The van der Waals surface area contributed by atoms with E-state index in [1.54, 1.807) is 36.5 Å². The average Bonchev–Trinajstić information content (AvgIpc) is 2.98. The number of aromatic amines is 1. The van der Waals surface area contributed by atoms with Gasteiger partial charge in [0, 0.05) is 12.7 Å². The summed E-state index contributed by atoms with van der Waals surface area (Å²) in [5.41, 5.74) is 1.32. The molecule has 0 spiro atoms. The number of aromatic nitrogens is 3. The van der Waals surface area contributed by atoms with Crippen molar-refractivity contribution in [3.05, 3.63) is 48.7 Å². The molecule has 2 heterocycles. The largest absolute Gasteiger partial charge is 0.327 e. The summed E-state index contributed by atoms with van der Waals surface area (Å²) in [5.74, 6) is 0.393. The maximum absolute atomic E-state index is 12.9. The van der Waals surface area contributed by atoms with Crippen LogP contribution in [0.25, 0.3) is 11.0 Å². The predicted molar refractivity (Wildman–Crippen MR) is 85.2 cm³/mol. The lowest BCUT2D eigenvalue weighted by atomic mass is 10.3. The molecule has 0 aliphatic heterocycles. The van der Waals surface area contributed by atoms with Crippen molar-refractivity contribution in [2.45, 2.75) is 18.5 Å². The molecule has 1 N–H and O–H groups in total. The fourth-order valence-corrected chi connectivity index (χ4v) is 3.66. The Morgan fingerprint density at radius 3 is 2.59 bits per heavy atom. The van der Waals surface area contributed by atoms with E-state index in [1.165, 1.54) is 4.31 Å². The molecule has 0 bridgehead atoms. The number of benzene rings is 1. The summed E-state index contributed by atoms with van der Waals surface area (Å²) in [6.07, 6.45) is 2.25. The summed E-state index contributed by atoms with van der Waals surface area (Å²) in [6.45, 7) is 2.26. The molecule has 2 aromatic heterocycles. The lowest BCUT2D eigenvalue weighted by Crippen LogP contribution is -2.33. The molecule has 6 nitrogen and oxygen atoms in total. The first-order chi connectivity index (χ1) is 10.6. The van der Waals surface area contributed by atoms with Crippen LogP contribution in [0.5, 0.6) is 0 Å². The third-order valence-corrected chi connectivity index (χ3v) is 4.87. The topological polar surface area (TPSA) is 79.0 Å². The molecule has 1 aromatic carbocycles.